The van der Waals surface area contributed by atoms with E-state index in [1.165, 1.54) is 0 Å². The van der Waals surface area contributed by atoms with Crippen LogP contribution in [0.25, 0.3) is 17.1 Å². The lowest BCUT2D eigenvalue weighted by Gasteiger charge is -2.19. The first kappa shape index (κ1) is 23.7. The first-order chi connectivity index (χ1) is 16.2. The molecule has 1 aliphatic rings. The van der Waals surface area contributed by atoms with E-state index in [9.17, 15) is 14.4 Å². The predicted molar refractivity (Wildman–Crippen MR) is 127 cm³/mol. The molecule has 3 aromatic rings. The fourth-order valence-corrected chi connectivity index (χ4v) is 4.33. The number of thioether (sulfide) groups is 1. The van der Waals surface area contributed by atoms with Crippen molar-refractivity contribution in [3.63, 3.8) is 0 Å². The second-order valence-corrected chi connectivity index (χ2v) is 9.19. The van der Waals surface area contributed by atoms with E-state index in [0.717, 1.165) is 33.6 Å². The summed E-state index contributed by atoms with van der Waals surface area (Å²) in [6.07, 6.45) is 3.71. The molecule has 0 bridgehead atoms. The Hall–Kier alpha value is -3.44. The highest BCUT2D eigenvalue weighted by atomic mass is 35.5. The van der Waals surface area contributed by atoms with Crippen LogP contribution in [0.4, 0.5) is 4.79 Å². The van der Waals surface area contributed by atoms with Crippen LogP contribution >= 0.6 is 23.4 Å². The van der Waals surface area contributed by atoms with Gasteiger partial charge in [-0.15, -0.1) is 10.2 Å². The number of carbonyl (C=O) groups excluding carboxylic acids is 3. The van der Waals surface area contributed by atoms with Crippen LogP contribution in [0.5, 0.6) is 0 Å². The molecule has 1 unspecified atom stereocenters. The van der Waals surface area contributed by atoms with Crippen molar-refractivity contribution in [2.24, 2.45) is 0 Å². The van der Waals surface area contributed by atoms with Crippen molar-refractivity contribution < 1.29 is 14.4 Å². The van der Waals surface area contributed by atoms with E-state index < -0.39 is 23.4 Å². The standard InChI is InChI=1S/C22H22ClN7O3S/c1-4-22(3)19(32)30(20(33)25-22)28-17(31)12-34-21-27-26-18(14-8-10-24-11-9-14)29(21)16-7-5-6-15(23)13(16)2/h5-11H,4,12H2,1-3H3,(H,25,33)(H,28,31). The van der Waals surface area contributed by atoms with Crippen LogP contribution in [0.2, 0.25) is 5.02 Å². The lowest BCUT2D eigenvalue weighted by Crippen LogP contribution is -2.49. The third-order valence-electron chi connectivity index (χ3n) is 5.59. The zero-order valence-electron chi connectivity index (χ0n) is 18.7. The first-order valence-corrected chi connectivity index (χ1v) is 11.8. The van der Waals surface area contributed by atoms with Crippen molar-refractivity contribution in [1.29, 1.82) is 0 Å². The van der Waals surface area contributed by atoms with Gasteiger partial charge in [-0.1, -0.05) is 36.4 Å². The largest absolute Gasteiger partial charge is 0.344 e. The molecule has 3 heterocycles. The summed E-state index contributed by atoms with van der Waals surface area (Å²) in [5.41, 5.74) is 3.72. The van der Waals surface area contributed by atoms with Crippen LogP contribution in [-0.2, 0) is 9.59 Å². The van der Waals surface area contributed by atoms with Crippen LogP contribution in [0.1, 0.15) is 25.8 Å². The Bertz CT molecular complexity index is 1270. The fraction of sp³-hybridized carbons (Fsp3) is 0.273. The molecule has 10 nitrogen and oxygen atoms in total. The summed E-state index contributed by atoms with van der Waals surface area (Å²) in [5, 5.41) is 13.0. The second-order valence-electron chi connectivity index (χ2n) is 7.84. The van der Waals surface area contributed by atoms with Gasteiger partial charge in [0.05, 0.1) is 11.4 Å². The van der Waals surface area contributed by atoms with Crippen LogP contribution in [0.15, 0.2) is 47.9 Å². The Morgan fingerprint density at radius 1 is 1.21 bits per heavy atom. The smallest absolute Gasteiger partial charge is 0.322 e. The van der Waals surface area contributed by atoms with Crippen LogP contribution in [0, 0.1) is 6.92 Å². The topological polar surface area (TPSA) is 122 Å². The van der Waals surface area contributed by atoms with Crippen molar-refractivity contribution in [1.82, 2.24) is 35.5 Å². The van der Waals surface area contributed by atoms with Gasteiger partial charge >= 0.3 is 6.03 Å². The third-order valence-corrected chi connectivity index (χ3v) is 6.93. The Morgan fingerprint density at radius 3 is 2.62 bits per heavy atom. The van der Waals surface area contributed by atoms with Gasteiger partial charge in [0.1, 0.15) is 5.54 Å². The molecule has 176 valence electrons. The van der Waals surface area contributed by atoms with Gasteiger partial charge in [0.15, 0.2) is 11.0 Å². The molecule has 2 aromatic heterocycles. The highest BCUT2D eigenvalue weighted by Crippen LogP contribution is 2.31. The van der Waals surface area contributed by atoms with Gasteiger partial charge in [0.25, 0.3) is 5.91 Å². The number of hydrogen-bond donors (Lipinski definition) is 2. The molecule has 12 heteroatoms. The van der Waals surface area contributed by atoms with E-state index >= 15 is 0 Å². The zero-order chi connectivity index (χ0) is 24.5. The number of rotatable bonds is 7. The molecule has 1 fully saturated rings. The summed E-state index contributed by atoms with van der Waals surface area (Å²) in [5.74, 6) is -0.579. The number of pyridine rings is 1. The Labute approximate surface area is 205 Å². The van der Waals surface area contributed by atoms with Crippen molar-refractivity contribution in [3.8, 4) is 17.1 Å². The third kappa shape index (κ3) is 4.36. The van der Waals surface area contributed by atoms with Crippen LogP contribution in [-0.4, -0.2) is 53.9 Å². The molecule has 0 aliphatic carbocycles. The molecule has 4 rings (SSSR count). The number of benzene rings is 1. The number of nitrogens with one attached hydrogen (secondary N) is 2. The summed E-state index contributed by atoms with van der Waals surface area (Å²) in [6.45, 7) is 5.28. The maximum atomic E-state index is 12.6. The second kappa shape index (κ2) is 9.43. The molecule has 1 atom stereocenters. The summed E-state index contributed by atoms with van der Waals surface area (Å²) < 4.78 is 1.82. The van der Waals surface area contributed by atoms with E-state index in [2.05, 4.69) is 25.9 Å². The molecule has 0 saturated carbocycles. The minimum absolute atomic E-state index is 0.103. The number of halogens is 1. The maximum Gasteiger partial charge on any atom is 0.344 e. The molecule has 34 heavy (non-hydrogen) atoms. The average molecular weight is 500 g/mol. The number of amides is 4. The predicted octanol–water partition coefficient (Wildman–Crippen LogP) is 3.13. The van der Waals surface area contributed by atoms with Crippen LogP contribution in [0.3, 0.4) is 0 Å². The number of aromatic nitrogens is 4. The number of carbonyl (C=O) groups is 3. The first-order valence-electron chi connectivity index (χ1n) is 10.5. The Morgan fingerprint density at radius 2 is 1.94 bits per heavy atom. The van der Waals surface area contributed by atoms with E-state index in [1.807, 2.05) is 35.8 Å². The van der Waals surface area contributed by atoms with Crippen molar-refractivity contribution in [2.45, 2.75) is 37.9 Å². The molecule has 0 radical (unpaired) electrons. The van der Waals surface area contributed by atoms with Crippen molar-refractivity contribution in [2.75, 3.05) is 5.75 Å². The van der Waals surface area contributed by atoms with Gasteiger partial charge < -0.3 is 5.32 Å². The summed E-state index contributed by atoms with van der Waals surface area (Å²) in [6, 6.07) is 8.46. The van der Waals surface area contributed by atoms with Gasteiger partial charge in [-0.3, -0.25) is 24.6 Å². The summed E-state index contributed by atoms with van der Waals surface area (Å²) in [7, 11) is 0. The van der Waals surface area contributed by atoms with E-state index in [1.54, 1.807) is 32.3 Å². The molecule has 1 saturated heterocycles. The normalized spacial score (nSPS) is 17.7. The number of urea groups is 1. The molecule has 0 spiro atoms. The van der Waals surface area contributed by atoms with Crippen molar-refractivity contribution >= 4 is 41.2 Å². The van der Waals surface area contributed by atoms with Gasteiger partial charge in [0.2, 0.25) is 5.91 Å². The van der Waals surface area contributed by atoms with Crippen LogP contribution < -0.4 is 10.7 Å². The van der Waals surface area contributed by atoms with Gasteiger partial charge in [0, 0.05) is 23.0 Å². The SMILES string of the molecule is CCC1(C)NC(=O)N(NC(=O)CSc2nnc(-c3ccncc3)n2-c2cccc(Cl)c2C)C1=O. The molecular weight excluding hydrogens is 478 g/mol. The monoisotopic (exact) mass is 499 g/mol. The maximum absolute atomic E-state index is 12.6. The lowest BCUT2D eigenvalue weighted by molar-refractivity contribution is -0.137. The zero-order valence-corrected chi connectivity index (χ0v) is 20.3. The quantitative estimate of drug-likeness (QED) is 0.378. The molecule has 2 N–H and O–H groups in total. The Kier molecular flexibility index (Phi) is 6.58. The highest BCUT2D eigenvalue weighted by molar-refractivity contribution is 7.99. The fourth-order valence-electron chi connectivity index (χ4n) is 3.42. The summed E-state index contributed by atoms with van der Waals surface area (Å²) in [4.78, 5) is 41.4. The van der Waals surface area contributed by atoms with E-state index in [4.69, 9.17) is 11.6 Å². The average Bonchev–Trinajstić information content (AvgIpc) is 3.34. The van der Waals surface area contributed by atoms with Crippen molar-refractivity contribution in [3.05, 3.63) is 53.3 Å². The number of nitrogens with zero attached hydrogens (tertiary/aromatic N) is 5. The highest BCUT2D eigenvalue weighted by Gasteiger charge is 2.47. The number of hydrogen-bond acceptors (Lipinski definition) is 7. The van der Waals surface area contributed by atoms with E-state index in [0.29, 0.717) is 22.4 Å². The van der Waals surface area contributed by atoms with Gasteiger partial charge in [-0.25, -0.2) is 4.79 Å². The summed E-state index contributed by atoms with van der Waals surface area (Å²) >= 11 is 7.48. The van der Waals surface area contributed by atoms with Gasteiger partial charge in [-0.2, -0.15) is 5.01 Å². The molecule has 1 aromatic carbocycles. The molecular formula is C22H22ClN7O3S. The van der Waals surface area contributed by atoms with Gasteiger partial charge in [-0.05, 0) is 50.1 Å². The molecule has 4 amide bonds. The minimum atomic E-state index is -1.04. The number of imide groups is 1. The molecule has 1 aliphatic heterocycles. The minimum Gasteiger partial charge on any atom is -0.322 e. The van der Waals surface area contributed by atoms with E-state index in [-0.39, 0.29) is 5.75 Å². The Balaban J connectivity index is 1.59. The lowest BCUT2D eigenvalue weighted by atomic mass is 10.00. The number of hydrazine groups is 1.